The van der Waals surface area contributed by atoms with Crippen LogP contribution in [0, 0.1) is 6.92 Å². The van der Waals surface area contributed by atoms with Gasteiger partial charge in [0, 0.05) is 45.5 Å². The predicted molar refractivity (Wildman–Crippen MR) is 100 cm³/mol. The molecule has 0 bridgehead atoms. The normalized spacial score (nSPS) is 23.5. The van der Waals surface area contributed by atoms with Crippen LogP contribution in [-0.4, -0.2) is 29.6 Å². The first-order valence-electron chi connectivity index (χ1n) is 8.73. The smallest absolute Gasteiger partial charge is 0.190 e. The van der Waals surface area contributed by atoms with E-state index in [0.29, 0.717) is 11.3 Å². The first kappa shape index (κ1) is 17.6. The van der Waals surface area contributed by atoms with Crippen molar-refractivity contribution in [3.05, 3.63) is 28.3 Å². The zero-order valence-corrected chi connectivity index (χ0v) is 16.3. The average Bonchev–Trinajstić information content (AvgIpc) is 3.21. The minimum absolute atomic E-state index is 0.330. The Kier molecular flexibility index (Phi) is 5.71. The fourth-order valence-corrected chi connectivity index (χ4v) is 5.74. The Hall–Kier alpha value is -1.21. The second-order valence-corrected chi connectivity index (χ2v) is 9.15. The van der Waals surface area contributed by atoms with E-state index >= 15 is 0 Å². The molecule has 0 amide bonds. The molecule has 2 aromatic rings. The highest BCUT2D eigenvalue weighted by Gasteiger charge is 2.27. The van der Waals surface area contributed by atoms with Crippen LogP contribution in [-0.2, 0) is 17.3 Å². The predicted octanol–water partition coefficient (Wildman–Crippen LogP) is 3.56. The van der Waals surface area contributed by atoms with Gasteiger partial charge in [-0.25, -0.2) is 4.99 Å². The summed E-state index contributed by atoms with van der Waals surface area (Å²) in [6.45, 7) is 7.09. The van der Waals surface area contributed by atoms with E-state index in [1.165, 1.54) is 5.69 Å². The first-order chi connectivity index (χ1) is 11.6. The molecule has 0 N–H and O–H groups in total. The zero-order valence-electron chi connectivity index (χ0n) is 14.6. The summed E-state index contributed by atoms with van der Waals surface area (Å²) in [6, 6.07) is 0.408. The van der Waals surface area contributed by atoms with Gasteiger partial charge in [0.05, 0.1) is 12.4 Å². The standard InChI is InChI=1S/C17H26N4OS2/c1-4-20-11-14(10-18-20)19-17-21(13(3)12-23-17)15-7-6-8-16(9-15)24(22)5-2/h10-12,15-16H,4-9H2,1-3H3. The van der Waals surface area contributed by atoms with Gasteiger partial charge in [-0.15, -0.1) is 11.3 Å². The van der Waals surface area contributed by atoms with Crippen molar-refractivity contribution in [1.29, 1.82) is 0 Å². The van der Waals surface area contributed by atoms with Crippen molar-refractivity contribution >= 4 is 27.8 Å². The molecule has 0 spiro atoms. The Morgan fingerprint density at radius 3 is 2.96 bits per heavy atom. The zero-order chi connectivity index (χ0) is 17.1. The largest absolute Gasteiger partial charge is 0.318 e. The second kappa shape index (κ2) is 7.78. The van der Waals surface area contributed by atoms with Gasteiger partial charge in [0.2, 0.25) is 0 Å². The summed E-state index contributed by atoms with van der Waals surface area (Å²) in [5.41, 5.74) is 2.14. The quantitative estimate of drug-likeness (QED) is 0.812. The molecule has 3 atom stereocenters. The second-order valence-electron chi connectivity index (χ2n) is 6.31. The Labute approximate surface area is 149 Å². The molecule has 0 radical (unpaired) electrons. The molecule has 2 heterocycles. The molecule has 1 aliphatic carbocycles. The van der Waals surface area contributed by atoms with E-state index in [4.69, 9.17) is 4.99 Å². The SMILES string of the molecule is CCn1cc(N=c2scc(C)n2C2CCCC(S(=O)CC)C2)cn1. The molecule has 1 aliphatic rings. The molecule has 0 aromatic carbocycles. The Morgan fingerprint density at radius 2 is 2.25 bits per heavy atom. The summed E-state index contributed by atoms with van der Waals surface area (Å²) in [7, 11) is -0.699. The van der Waals surface area contributed by atoms with Crippen LogP contribution < -0.4 is 4.80 Å². The van der Waals surface area contributed by atoms with Gasteiger partial charge in [-0.3, -0.25) is 8.89 Å². The van der Waals surface area contributed by atoms with Gasteiger partial charge >= 0.3 is 0 Å². The summed E-state index contributed by atoms with van der Waals surface area (Å²) >= 11 is 1.68. The first-order valence-corrected chi connectivity index (χ1v) is 11.0. The van der Waals surface area contributed by atoms with Crippen molar-refractivity contribution in [3.8, 4) is 0 Å². The van der Waals surface area contributed by atoms with E-state index in [-0.39, 0.29) is 0 Å². The third kappa shape index (κ3) is 3.72. The number of hydrogen-bond acceptors (Lipinski definition) is 4. The van der Waals surface area contributed by atoms with E-state index in [0.717, 1.165) is 48.5 Å². The number of thiazole rings is 1. The highest BCUT2D eigenvalue weighted by Crippen LogP contribution is 2.31. The van der Waals surface area contributed by atoms with Gasteiger partial charge in [-0.05, 0) is 33.1 Å². The van der Waals surface area contributed by atoms with Gasteiger partial charge in [0.1, 0.15) is 5.69 Å². The van der Waals surface area contributed by atoms with Gasteiger partial charge < -0.3 is 4.57 Å². The third-order valence-corrected chi connectivity index (χ3v) is 7.41. The topological polar surface area (TPSA) is 52.2 Å². The maximum Gasteiger partial charge on any atom is 0.190 e. The van der Waals surface area contributed by atoms with Crippen molar-refractivity contribution in [2.45, 2.75) is 64.3 Å². The van der Waals surface area contributed by atoms with Crippen LogP contribution in [0.1, 0.15) is 51.3 Å². The maximum absolute atomic E-state index is 12.2. The molecule has 3 rings (SSSR count). The van der Waals surface area contributed by atoms with Gasteiger partial charge in [0.15, 0.2) is 4.80 Å². The summed E-state index contributed by atoms with van der Waals surface area (Å²) in [5.74, 6) is 0.762. The number of nitrogens with zero attached hydrogens (tertiary/aromatic N) is 4. The molecule has 1 fully saturated rings. The summed E-state index contributed by atoms with van der Waals surface area (Å²) in [5, 5.41) is 6.80. The maximum atomic E-state index is 12.2. The van der Waals surface area contributed by atoms with Crippen LogP contribution in [0.15, 0.2) is 22.8 Å². The number of rotatable bonds is 5. The Morgan fingerprint density at radius 1 is 1.42 bits per heavy atom. The lowest BCUT2D eigenvalue weighted by molar-refractivity contribution is 0.347. The molecule has 3 unspecified atom stereocenters. The lowest BCUT2D eigenvalue weighted by Crippen LogP contribution is -2.31. The van der Waals surface area contributed by atoms with E-state index in [1.807, 2.05) is 24.0 Å². The van der Waals surface area contributed by atoms with Gasteiger partial charge in [-0.2, -0.15) is 5.10 Å². The summed E-state index contributed by atoms with van der Waals surface area (Å²) in [6.07, 6.45) is 8.19. The molecular formula is C17H26N4OS2. The highest BCUT2D eigenvalue weighted by atomic mass is 32.2. The van der Waals surface area contributed by atoms with Crippen molar-refractivity contribution in [2.75, 3.05) is 5.75 Å². The highest BCUT2D eigenvalue weighted by molar-refractivity contribution is 7.85. The lowest BCUT2D eigenvalue weighted by atomic mass is 9.94. The summed E-state index contributed by atoms with van der Waals surface area (Å²) < 4.78 is 16.5. The van der Waals surface area contributed by atoms with Crippen molar-refractivity contribution in [1.82, 2.24) is 14.3 Å². The number of aryl methyl sites for hydroxylation is 2. The summed E-state index contributed by atoms with van der Waals surface area (Å²) in [4.78, 5) is 5.84. The average molecular weight is 367 g/mol. The van der Waals surface area contributed by atoms with E-state index in [2.05, 4.69) is 28.9 Å². The minimum atomic E-state index is -0.699. The fraction of sp³-hybridized carbons (Fsp3) is 0.647. The van der Waals surface area contributed by atoms with Crippen LogP contribution in [0.3, 0.4) is 0 Å². The van der Waals surface area contributed by atoms with Crippen LogP contribution >= 0.6 is 11.3 Å². The molecule has 1 saturated carbocycles. The Balaban J connectivity index is 1.91. The monoisotopic (exact) mass is 366 g/mol. The van der Waals surface area contributed by atoms with Crippen molar-refractivity contribution < 1.29 is 4.21 Å². The molecule has 5 nitrogen and oxygen atoms in total. The van der Waals surface area contributed by atoms with Gasteiger partial charge in [0.25, 0.3) is 0 Å². The Bertz CT molecular complexity index is 774. The fourth-order valence-electron chi connectivity index (χ4n) is 3.45. The van der Waals surface area contributed by atoms with Crippen LogP contribution in [0.4, 0.5) is 5.69 Å². The molecule has 0 aliphatic heterocycles. The van der Waals surface area contributed by atoms with Crippen molar-refractivity contribution in [3.63, 3.8) is 0 Å². The van der Waals surface area contributed by atoms with E-state index in [1.54, 1.807) is 11.3 Å². The van der Waals surface area contributed by atoms with E-state index in [9.17, 15) is 4.21 Å². The van der Waals surface area contributed by atoms with E-state index < -0.39 is 10.8 Å². The van der Waals surface area contributed by atoms with Gasteiger partial charge in [-0.1, -0.05) is 13.3 Å². The number of hydrogen-bond donors (Lipinski definition) is 0. The van der Waals surface area contributed by atoms with Crippen LogP contribution in [0.5, 0.6) is 0 Å². The molecule has 0 saturated heterocycles. The van der Waals surface area contributed by atoms with Crippen molar-refractivity contribution in [2.24, 2.45) is 4.99 Å². The third-order valence-electron chi connectivity index (χ3n) is 4.71. The molecular weight excluding hydrogens is 340 g/mol. The lowest BCUT2D eigenvalue weighted by Gasteiger charge is -2.30. The molecule has 2 aromatic heterocycles. The van der Waals surface area contributed by atoms with Crippen LogP contribution in [0.25, 0.3) is 0 Å². The molecule has 132 valence electrons. The number of aromatic nitrogens is 3. The molecule has 7 heteroatoms. The molecule has 24 heavy (non-hydrogen) atoms. The van der Waals surface area contributed by atoms with Crippen LogP contribution in [0.2, 0.25) is 0 Å². The minimum Gasteiger partial charge on any atom is -0.318 e.